The molecule has 0 saturated carbocycles. The molecule has 2 rings (SSSR count). The Bertz CT molecular complexity index is 481. The third-order valence-corrected chi connectivity index (χ3v) is 2.23. The zero-order chi connectivity index (χ0) is 11.8. The van der Waals surface area contributed by atoms with Crippen molar-refractivity contribution in [2.45, 2.75) is 26.2 Å². The van der Waals surface area contributed by atoms with Gasteiger partial charge in [-0.3, -0.25) is 0 Å². The van der Waals surface area contributed by atoms with Crippen molar-refractivity contribution in [2.24, 2.45) is 0 Å². The maximum Gasteiger partial charge on any atom is 0.162 e. The van der Waals surface area contributed by atoms with Crippen molar-refractivity contribution in [1.82, 2.24) is 20.2 Å². The second-order valence-electron chi connectivity index (χ2n) is 4.68. The van der Waals surface area contributed by atoms with Gasteiger partial charge in [-0.05, 0) is 34.7 Å². The number of benzene rings is 1. The molecule has 2 aromatic rings. The van der Waals surface area contributed by atoms with Gasteiger partial charge in [0, 0.05) is 5.41 Å². The van der Waals surface area contributed by atoms with Crippen molar-refractivity contribution in [2.75, 3.05) is 0 Å². The van der Waals surface area contributed by atoms with Crippen LogP contribution in [0.4, 0.5) is 0 Å². The minimum absolute atomic E-state index is 0.124. The zero-order valence-electron chi connectivity index (χ0n) is 9.55. The minimum Gasteiger partial charge on any atom is -0.508 e. The van der Waals surface area contributed by atoms with Crippen molar-refractivity contribution >= 4 is 0 Å². The van der Waals surface area contributed by atoms with Gasteiger partial charge in [0.1, 0.15) is 5.75 Å². The number of rotatable bonds is 1. The van der Waals surface area contributed by atoms with Gasteiger partial charge in [0.2, 0.25) is 0 Å². The van der Waals surface area contributed by atoms with Gasteiger partial charge in [0.25, 0.3) is 0 Å². The fourth-order valence-electron chi connectivity index (χ4n) is 1.42. The summed E-state index contributed by atoms with van der Waals surface area (Å²) in [5, 5.41) is 20.9. The molecule has 1 N–H and O–H groups in total. The average Bonchev–Trinajstić information content (AvgIpc) is 2.66. The van der Waals surface area contributed by atoms with Gasteiger partial charge in [0.15, 0.2) is 5.82 Å². The number of hydrogen-bond donors (Lipinski definition) is 1. The molecular formula is C11H14N4O. The van der Waals surface area contributed by atoms with E-state index < -0.39 is 0 Å². The lowest BCUT2D eigenvalue weighted by Gasteiger charge is -2.16. The van der Waals surface area contributed by atoms with Crippen LogP contribution in [0.5, 0.6) is 5.75 Å². The van der Waals surface area contributed by atoms with Gasteiger partial charge in [-0.15, -0.1) is 5.10 Å². The van der Waals surface area contributed by atoms with Crippen LogP contribution >= 0.6 is 0 Å². The Hall–Kier alpha value is -1.91. The highest BCUT2D eigenvalue weighted by molar-refractivity contribution is 5.36. The number of nitrogens with zero attached hydrogens (tertiary/aromatic N) is 4. The van der Waals surface area contributed by atoms with Gasteiger partial charge >= 0.3 is 0 Å². The van der Waals surface area contributed by atoms with Crippen molar-refractivity contribution in [1.29, 1.82) is 0 Å². The van der Waals surface area contributed by atoms with Crippen LogP contribution in [0.25, 0.3) is 5.69 Å². The summed E-state index contributed by atoms with van der Waals surface area (Å²) in [7, 11) is 0. The molecule has 0 saturated heterocycles. The largest absolute Gasteiger partial charge is 0.508 e. The maximum absolute atomic E-state index is 9.22. The number of phenols is 1. The number of tetrazole rings is 1. The summed E-state index contributed by atoms with van der Waals surface area (Å²) in [6, 6.07) is 6.79. The van der Waals surface area contributed by atoms with E-state index >= 15 is 0 Å². The van der Waals surface area contributed by atoms with Crippen LogP contribution in [0.1, 0.15) is 26.6 Å². The lowest BCUT2D eigenvalue weighted by Crippen LogP contribution is -2.18. The summed E-state index contributed by atoms with van der Waals surface area (Å²) in [6.07, 6.45) is 0. The molecule has 0 aliphatic carbocycles. The second kappa shape index (κ2) is 3.59. The third-order valence-electron chi connectivity index (χ3n) is 2.23. The molecule has 0 aliphatic rings. The SMILES string of the molecule is CC(C)(C)c1nnnn1-c1ccc(O)cc1. The molecule has 0 unspecified atom stereocenters. The summed E-state index contributed by atoms with van der Waals surface area (Å²) in [6.45, 7) is 6.15. The highest BCUT2D eigenvalue weighted by atomic mass is 16.3. The first-order valence-electron chi connectivity index (χ1n) is 5.07. The van der Waals surface area contributed by atoms with Crippen molar-refractivity contribution in [3.63, 3.8) is 0 Å². The summed E-state index contributed by atoms with van der Waals surface area (Å²) in [4.78, 5) is 0. The van der Waals surface area contributed by atoms with Crippen LogP contribution in [0, 0.1) is 0 Å². The average molecular weight is 218 g/mol. The van der Waals surface area contributed by atoms with E-state index in [1.54, 1.807) is 28.9 Å². The molecule has 0 aliphatic heterocycles. The predicted molar refractivity (Wildman–Crippen MR) is 59.5 cm³/mol. The van der Waals surface area contributed by atoms with Crippen LogP contribution in [0.2, 0.25) is 0 Å². The molecule has 1 aromatic heterocycles. The maximum atomic E-state index is 9.22. The zero-order valence-corrected chi connectivity index (χ0v) is 9.55. The summed E-state index contributed by atoms with van der Waals surface area (Å²) in [5.41, 5.74) is 0.717. The molecule has 84 valence electrons. The normalized spacial score (nSPS) is 11.7. The highest BCUT2D eigenvalue weighted by Crippen LogP contribution is 2.22. The standard InChI is InChI=1S/C11H14N4O/c1-11(2,3)10-12-13-14-15(10)8-4-6-9(16)7-5-8/h4-7,16H,1-3H3. The predicted octanol–water partition coefficient (Wildman–Crippen LogP) is 1.67. The van der Waals surface area contributed by atoms with E-state index in [-0.39, 0.29) is 11.2 Å². The summed E-state index contributed by atoms with van der Waals surface area (Å²) in [5.74, 6) is 1.02. The highest BCUT2D eigenvalue weighted by Gasteiger charge is 2.22. The van der Waals surface area contributed by atoms with Crippen LogP contribution in [-0.2, 0) is 5.41 Å². The molecule has 1 heterocycles. The lowest BCUT2D eigenvalue weighted by atomic mass is 9.96. The lowest BCUT2D eigenvalue weighted by molar-refractivity contribution is 0.475. The number of phenolic OH excluding ortho intramolecular Hbond substituents is 1. The molecule has 0 fully saturated rings. The summed E-state index contributed by atoms with van der Waals surface area (Å²) < 4.78 is 1.68. The monoisotopic (exact) mass is 218 g/mol. The van der Waals surface area contributed by atoms with Gasteiger partial charge in [-0.1, -0.05) is 20.8 Å². The Morgan fingerprint density at radius 3 is 2.31 bits per heavy atom. The van der Waals surface area contributed by atoms with Crippen molar-refractivity contribution in [3.8, 4) is 11.4 Å². The fraction of sp³-hybridized carbons (Fsp3) is 0.364. The van der Waals surface area contributed by atoms with Gasteiger partial charge in [-0.25, -0.2) is 0 Å². The van der Waals surface area contributed by atoms with Crippen LogP contribution < -0.4 is 0 Å². The van der Waals surface area contributed by atoms with E-state index in [2.05, 4.69) is 36.3 Å². The van der Waals surface area contributed by atoms with E-state index in [9.17, 15) is 5.11 Å². The van der Waals surface area contributed by atoms with E-state index in [0.29, 0.717) is 0 Å². The number of aromatic nitrogens is 4. The number of aromatic hydroxyl groups is 1. The van der Waals surface area contributed by atoms with Crippen molar-refractivity contribution in [3.05, 3.63) is 30.1 Å². The molecule has 0 bridgehead atoms. The molecule has 0 amide bonds. The van der Waals surface area contributed by atoms with E-state index in [1.165, 1.54) is 0 Å². The van der Waals surface area contributed by atoms with Gasteiger partial charge in [0.05, 0.1) is 5.69 Å². The topological polar surface area (TPSA) is 63.8 Å². The summed E-state index contributed by atoms with van der Waals surface area (Å²) >= 11 is 0. The van der Waals surface area contributed by atoms with Crippen LogP contribution in [0.15, 0.2) is 24.3 Å². The van der Waals surface area contributed by atoms with Gasteiger partial charge in [-0.2, -0.15) is 4.68 Å². The minimum atomic E-state index is -0.124. The number of hydrogen-bond acceptors (Lipinski definition) is 4. The van der Waals surface area contributed by atoms with Crippen molar-refractivity contribution < 1.29 is 5.11 Å². The first-order valence-corrected chi connectivity index (χ1v) is 5.07. The molecular weight excluding hydrogens is 204 g/mol. The molecule has 0 spiro atoms. The third kappa shape index (κ3) is 1.88. The smallest absolute Gasteiger partial charge is 0.162 e. The molecule has 16 heavy (non-hydrogen) atoms. The van der Waals surface area contributed by atoms with E-state index in [4.69, 9.17) is 0 Å². The molecule has 1 aromatic carbocycles. The van der Waals surface area contributed by atoms with E-state index in [1.807, 2.05) is 0 Å². The van der Waals surface area contributed by atoms with E-state index in [0.717, 1.165) is 11.5 Å². The Kier molecular flexibility index (Phi) is 2.38. The first kappa shape index (κ1) is 10.6. The van der Waals surface area contributed by atoms with Crippen LogP contribution in [0.3, 0.4) is 0 Å². The molecule has 0 atom stereocenters. The van der Waals surface area contributed by atoms with Gasteiger partial charge < -0.3 is 5.11 Å². The first-order chi connectivity index (χ1) is 7.48. The molecule has 5 nitrogen and oxygen atoms in total. The second-order valence-corrected chi connectivity index (χ2v) is 4.68. The Morgan fingerprint density at radius 2 is 1.75 bits per heavy atom. The Balaban J connectivity index is 2.49. The molecule has 5 heteroatoms. The fourth-order valence-corrected chi connectivity index (χ4v) is 1.42. The Morgan fingerprint density at radius 1 is 1.12 bits per heavy atom. The quantitative estimate of drug-likeness (QED) is 0.790. The molecule has 0 radical (unpaired) electrons. The van der Waals surface area contributed by atoms with Crippen LogP contribution in [-0.4, -0.2) is 25.3 Å². The Labute approximate surface area is 93.7 Å².